The lowest BCUT2D eigenvalue weighted by Gasteiger charge is -2.34. The Labute approximate surface area is 120 Å². The Bertz CT molecular complexity index is 425. The Morgan fingerprint density at radius 3 is 2.40 bits per heavy atom. The van der Waals surface area contributed by atoms with Crippen molar-refractivity contribution in [2.45, 2.75) is 6.92 Å². The van der Waals surface area contributed by atoms with Crippen LogP contribution in [0, 0.1) is 0 Å². The fourth-order valence-corrected chi connectivity index (χ4v) is 2.43. The number of piperazine rings is 1. The number of rotatable bonds is 5. The first-order valence-electron chi connectivity index (χ1n) is 7.21. The number of nitrogens with zero attached hydrogens (tertiary/aromatic N) is 2. The Balaban J connectivity index is 1.91. The molecule has 1 fully saturated rings. The maximum Gasteiger partial charge on any atom is 0.253 e. The standard InChI is InChI=1S/C15H23N3O2/c1-2-16-14-5-3-13(4-6-14)15(20)18-9-7-17(8-10-18)11-12-19/h3-6,16,19H,2,7-12H2,1H3. The number of anilines is 1. The summed E-state index contributed by atoms with van der Waals surface area (Å²) in [5, 5.41) is 12.1. The molecule has 1 aromatic rings. The van der Waals surface area contributed by atoms with Crippen molar-refractivity contribution in [1.82, 2.24) is 9.80 Å². The van der Waals surface area contributed by atoms with Crippen LogP contribution in [0.5, 0.6) is 0 Å². The van der Waals surface area contributed by atoms with Crippen LogP contribution in [-0.2, 0) is 0 Å². The molecule has 1 saturated heterocycles. The molecule has 5 nitrogen and oxygen atoms in total. The molecule has 110 valence electrons. The molecule has 0 atom stereocenters. The predicted octanol–water partition coefficient (Wildman–Crippen LogP) is 0.868. The summed E-state index contributed by atoms with van der Waals surface area (Å²) in [6.07, 6.45) is 0. The van der Waals surface area contributed by atoms with Gasteiger partial charge in [0.25, 0.3) is 5.91 Å². The Morgan fingerprint density at radius 2 is 1.85 bits per heavy atom. The minimum Gasteiger partial charge on any atom is -0.395 e. The summed E-state index contributed by atoms with van der Waals surface area (Å²) < 4.78 is 0. The quantitative estimate of drug-likeness (QED) is 0.838. The molecule has 1 aromatic carbocycles. The van der Waals surface area contributed by atoms with Gasteiger partial charge < -0.3 is 15.3 Å². The number of hydrogen-bond donors (Lipinski definition) is 2. The molecule has 1 aliphatic rings. The molecule has 1 amide bonds. The van der Waals surface area contributed by atoms with E-state index in [0.717, 1.165) is 44.0 Å². The number of aliphatic hydroxyl groups is 1. The van der Waals surface area contributed by atoms with E-state index >= 15 is 0 Å². The van der Waals surface area contributed by atoms with Crippen LogP contribution in [0.2, 0.25) is 0 Å². The summed E-state index contributed by atoms with van der Waals surface area (Å²) in [7, 11) is 0. The Hall–Kier alpha value is -1.59. The van der Waals surface area contributed by atoms with Crippen LogP contribution in [-0.4, -0.2) is 66.7 Å². The number of nitrogens with one attached hydrogen (secondary N) is 1. The van der Waals surface area contributed by atoms with Gasteiger partial charge in [-0.3, -0.25) is 9.69 Å². The van der Waals surface area contributed by atoms with Crippen molar-refractivity contribution in [3.63, 3.8) is 0 Å². The smallest absolute Gasteiger partial charge is 0.253 e. The summed E-state index contributed by atoms with van der Waals surface area (Å²) in [4.78, 5) is 16.4. The van der Waals surface area contributed by atoms with Crippen molar-refractivity contribution < 1.29 is 9.90 Å². The molecular formula is C15H23N3O2. The first-order chi connectivity index (χ1) is 9.74. The molecule has 0 radical (unpaired) electrons. The predicted molar refractivity (Wildman–Crippen MR) is 80.0 cm³/mol. The number of benzene rings is 1. The van der Waals surface area contributed by atoms with Crippen molar-refractivity contribution in [3.05, 3.63) is 29.8 Å². The van der Waals surface area contributed by atoms with E-state index in [1.54, 1.807) is 0 Å². The van der Waals surface area contributed by atoms with E-state index < -0.39 is 0 Å². The molecule has 5 heteroatoms. The highest BCUT2D eigenvalue weighted by molar-refractivity contribution is 5.94. The van der Waals surface area contributed by atoms with Crippen LogP contribution in [0.4, 0.5) is 5.69 Å². The van der Waals surface area contributed by atoms with E-state index in [4.69, 9.17) is 5.11 Å². The fourth-order valence-electron chi connectivity index (χ4n) is 2.43. The van der Waals surface area contributed by atoms with E-state index in [0.29, 0.717) is 6.54 Å². The van der Waals surface area contributed by atoms with Gasteiger partial charge in [0.15, 0.2) is 0 Å². The topological polar surface area (TPSA) is 55.8 Å². The minimum absolute atomic E-state index is 0.0942. The minimum atomic E-state index is 0.0942. The monoisotopic (exact) mass is 277 g/mol. The van der Waals surface area contributed by atoms with Crippen LogP contribution < -0.4 is 5.32 Å². The van der Waals surface area contributed by atoms with E-state index in [2.05, 4.69) is 10.2 Å². The highest BCUT2D eigenvalue weighted by Crippen LogP contribution is 2.13. The Morgan fingerprint density at radius 1 is 1.20 bits per heavy atom. The first-order valence-corrected chi connectivity index (χ1v) is 7.21. The van der Waals surface area contributed by atoms with Gasteiger partial charge in [0.2, 0.25) is 0 Å². The molecule has 2 N–H and O–H groups in total. The molecule has 20 heavy (non-hydrogen) atoms. The average molecular weight is 277 g/mol. The highest BCUT2D eigenvalue weighted by Gasteiger charge is 2.21. The van der Waals surface area contributed by atoms with Crippen molar-refractivity contribution in [2.75, 3.05) is 51.2 Å². The third-order valence-corrected chi connectivity index (χ3v) is 3.59. The number of hydrogen-bond acceptors (Lipinski definition) is 4. The molecule has 0 aliphatic carbocycles. The van der Waals surface area contributed by atoms with Crippen molar-refractivity contribution in [1.29, 1.82) is 0 Å². The normalized spacial score (nSPS) is 16.2. The second-order valence-corrected chi connectivity index (χ2v) is 4.97. The van der Waals surface area contributed by atoms with Crippen molar-refractivity contribution in [3.8, 4) is 0 Å². The molecule has 0 aromatic heterocycles. The largest absolute Gasteiger partial charge is 0.395 e. The first kappa shape index (κ1) is 14.8. The van der Waals surface area contributed by atoms with Crippen LogP contribution in [0.15, 0.2) is 24.3 Å². The molecule has 1 heterocycles. The lowest BCUT2D eigenvalue weighted by Crippen LogP contribution is -2.49. The number of β-amino-alcohol motifs (C(OH)–C–C–N with tert-alkyl or cyclic N) is 1. The lowest BCUT2D eigenvalue weighted by atomic mass is 10.1. The zero-order valence-corrected chi connectivity index (χ0v) is 12.0. The SMILES string of the molecule is CCNc1ccc(C(=O)N2CCN(CCO)CC2)cc1. The van der Waals surface area contributed by atoms with Gasteiger partial charge in [0.05, 0.1) is 6.61 Å². The second-order valence-electron chi connectivity index (χ2n) is 4.97. The van der Waals surface area contributed by atoms with Crippen molar-refractivity contribution in [2.24, 2.45) is 0 Å². The van der Waals surface area contributed by atoms with Gasteiger partial charge in [-0.15, -0.1) is 0 Å². The Kier molecular flexibility index (Phi) is 5.38. The number of aliphatic hydroxyl groups excluding tert-OH is 1. The molecule has 0 bridgehead atoms. The number of carbonyl (C=O) groups is 1. The van der Waals surface area contributed by atoms with Gasteiger partial charge in [-0.25, -0.2) is 0 Å². The van der Waals surface area contributed by atoms with Gasteiger partial charge >= 0.3 is 0 Å². The van der Waals surface area contributed by atoms with E-state index in [1.807, 2.05) is 36.1 Å². The zero-order chi connectivity index (χ0) is 14.4. The van der Waals surface area contributed by atoms with Gasteiger partial charge in [0, 0.05) is 50.5 Å². The fraction of sp³-hybridized carbons (Fsp3) is 0.533. The summed E-state index contributed by atoms with van der Waals surface area (Å²) in [6.45, 7) is 6.93. The van der Waals surface area contributed by atoms with Crippen LogP contribution in [0.1, 0.15) is 17.3 Å². The average Bonchev–Trinajstić information content (AvgIpc) is 2.49. The zero-order valence-electron chi connectivity index (χ0n) is 12.0. The molecule has 0 spiro atoms. The summed E-state index contributed by atoms with van der Waals surface area (Å²) in [5.74, 6) is 0.0942. The van der Waals surface area contributed by atoms with Gasteiger partial charge in [-0.2, -0.15) is 0 Å². The maximum atomic E-state index is 12.4. The van der Waals surface area contributed by atoms with Crippen LogP contribution >= 0.6 is 0 Å². The molecule has 0 saturated carbocycles. The third kappa shape index (κ3) is 3.71. The van der Waals surface area contributed by atoms with E-state index in [1.165, 1.54) is 0 Å². The molecule has 1 aliphatic heterocycles. The second kappa shape index (κ2) is 7.26. The number of carbonyl (C=O) groups excluding carboxylic acids is 1. The van der Waals surface area contributed by atoms with Crippen molar-refractivity contribution >= 4 is 11.6 Å². The van der Waals surface area contributed by atoms with Crippen LogP contribution in [0.25, 0.3) is 0 Å². The lowest BCUT2D eigenvalue weighted by molar-refractivity contribution is 0.0615. The summed E-state index contributed by atoms with van der Waals surface area (Å²) in [5.41, 5.74) is 1.78. The van der Waals surface area contributed by atoms with Crippen LogP contribution in [0.3, 0.4) is 0 Å². The van der Waals surface area contributed by atoms with Gasteiger partial charge in [0.1, 0.15) is 0 Å². The van der Waals surface area contributed by atoms with Gasteiger partial charge in [-0.05, 0) is 31.2 Å². The highest BCUT2D eigenvalue weighted by atomic mass is 16.3. The van der Waals surface area contributed by atoms with E-state index in [9.17, 15) is 4.79 Å². The molecule has 0 unspecified atom stereocenters. The molecular weight excluding hydrogens is 254 g/mol. The maximum absolute atomic E-state index is 12.4. The summed E-state index contributed by atoms with van der Waals surface area (Å²) in [6, 6.07) is 7.64. The molecule has 2 rings (SSSR count). The van der Waals surface area contributed by atoms with Gasteiger partial charge in [-0.1, -0.05) is 0 Å². The summed E-state index contributed by atoms with van der Waals surface area (Å²) >= 11 is 0. The van der Waals surface area contributed by atoms with E-state index in [-0.39, 0.29) is 12.5 Å². The third-order valence-electron chi connectivity index (χ3n) is 3.59. The number of amides is 1.